The van der Waals surface area contributed by atoms with Crippen molar-refractivity contribution in [3.8, 4) is 0 Å². The van der Waals surface area contributed by atoms with Crippen LogP contribution >= 0.6 is 23.4 Å². The van der Waals surface area contributed by atoms with Gasteiger partial charge in [0.2, 0.25) is 0 Å². The van der Waals surface area contributed by atoms with E-state index in [2.05, 4.69) is 53.2 Å². The summed E-state index contributed by atoms with van der Waals surface area (Å²) < 4.78 is 0. The van der Waals surface area contributed by atoms with Crippen LogP contribution in [0.15, 0.2) is 47.4 Å². The minimum atomic E-state index is -0.0948. The van der Waals surface area contributed by atoms with E-state index in [0.717, 1.165) is 44.0 Å². The lowest BCUT2D eigenvalue weighted by molar-refractivity contribution is 0.0935. The summed E-state index contributed by atoms with van der Waals surface area (Å²) in [6.07, 6.45) is 2.92. The van der Waals surface area contributed by atoms with E-state index in [-0.39, 0.29) is 11.9 Å². The summed E-state index contributed by atoms with van der Waals surface area (Å²) in [6, 6.07) is 14.4. The molecule has 2 aromatic carbocycles. The number of carbonyl (C=O) groups excluding carboxylic acids is 1. The lowest BCUT2D eigenvalue weighted by Gasteiger charge is -2.36. The van der Waals surface area contributed by atoms with E-state index in [0.29, 0.717) is 10.6 Å². The van der Waals surface area contributed by atoms with Gasteiger partial charge in [-0.15, -0.1) is 11.8 Å². The molecule has 1 fully saturated rings. The smallest absolute Gasteiger partial charge is 0.253 e. The van der Waals surface area contributed by atoms with Crippen LogP contribution < -0.4 is 10.2 Å². The van der Waals surface area contributed by atoms with E-state index in [4.69, 9.17) is 11.6 Å². The van der Waals surface area contributed by atoms with E-state index in [1.165, 1.54) is 11.3 Å². The Morgan fingerprint density at radius 3 is 2.62 bits per heavy atom. The number of amides is 1. The molecule has 1 atom stereocenters. The first-order valence-electron chi connectivity index (χ1n) is 10.1. The van der Waals surface area contributed by atoms with E-state index in [1.54, 1.807) is 17.8 Å². The molecule has 6 heteroatoms. The van der Waals surface area contributed by atoms with Gasteiger partial charge in [-0.3, -0.25) is 9.69 Å². The van der Waals surface area contributed by atoms with Crippen LogP contribution in [-0.4, -0.2) is 55.8 Å². The van der Waals surface area contributed by atoms with Crippen molar-refractivity contribution < 1.29 is 4.79 Å². The van der Waals surface area contributed by atoms with Gasteiger partial charge in [-0.25, -0.2) is 0 Å². The molecule has 0 spiro atoms. The van der Waals surface area contributed by atoms with Crippen LogP contribution in [0, 0.1) is 6.92 Å². The first kappa shape index (κ1) is 22.0. The number of thioether (sulfide) groups is 1. The second-order valence-electron chi connectivity index (χ2n) is 7.68. The third kappa shape index (κ3) is 6.14. The number of piperazine rings is 1. The monoisotopic (exact) mass is 431 g/mol. The molecular formula is C23H30ClN3OS. The number of aryl methyl sites for hydroxylation is 1. The number of rotatable bonds is 7. The molecule has 1 heterocycles. The highest BCUT2D eigenvalue weighted by Gasteiger charge is 2.19. The maximum Gasteiger partial charge on any atom is 0.253 e. The van der Waals surface area contributed by atoms with Gasteiger partial charge in [0.1, 0.15) is 0 Å². The molecule has 3 rings (SSSR count). The molecule has 2 aromatic rings. The van der Waals surface area contributed by atoms with Crippen LogP contribution in [0.5, 0.6) is 0 Å². The maximum absolute atomic E-state index is 12.6. The van der Waals surface area contributed by atoms with Gasteiger partial charge in [0.25, 0.3) is 5.91 Å². The van der Waals surface area contributed by atoms with Crippen LogP contribution in [0.25, 0.3) is 0 Å². The molecule has 0 saturated carbocycles. The highest BCUT2D eigenvalue weighted by molar-refractivity contribution is 7.98. The Hall–Kier alpha value is -1.69. The minimum Gasteiger partial charge on any atom is -0.369 e. The number of nitrogens with zero attached hydrogens (tertiary/aromatic N) is 2. The molecule has 1 aliphatic rings. The van der Waals surface area contributed by atoms with Gasteiger partial charge in [0.05, 0.1) is 10.6 Å². The van der Waals surface area contributed by atoms with Gasteiger partial charge in [-0.05, 0) is 62.4 Å². The molecule has 0 bridgehead atoms. The number of halogens is 1. The Labute approximate surface area is 183 Å². The zero-order valence-corrected chi connectivity index (χ0v) is 19.0. The topological polar surface area (TPSA) is 35.6 Å². The third-order valence-electron chi connectivity index (χ3n) is 5.41. The largest absolute Gasteiger partial charge is 0.369 e. The minimum absolute atomic E-state index is 0.0948. The van der Waals surface area contributed by atoms with Crippen LogP contribution in [-0.2, 0) is 0 Å². The Morgan fingerprint density at radius 2 is 1.93 bits per heavy atom. The average Bonchev–Trinajstić information content (AvgIpc) is 2.73. The first-order valence-corrected chi connectivity index (χ1v) is 11.7. The molecule has 29 heavy (non-hydrogen) atoms. The number of nitrogens with one attached hydrogen (secondary N) is 1. The number of benzene rings is 2. The summed E-state index contributed by atoms with van der Waals surface area (Å²) in [6.45, 7) is 9.38. The van der Waals surface area contributed by atoms with Gasteiger partial charge in [0.15, 0.2) is 0 Å². The van der Waals surface area contributed by atoms with Crippen molar-refractivity contribution in [2.75, 3.05) is 43.9 Å². The lowest BCUT2D eigenvalue weighted by Crippen LogP contribution is -2.47. The zero-order chi connectivity index (χ0) is 20.8. The molecule has 0 aliphatic carbocycles. The fraction of sp³-hybridized carbons (Fsp3) is 0.435. The van der Waals surface area contributed by atoms with Gasteiger partial charge < -0.3 is 10.2 Å². The number of carbonyl (C=O) groups is 1. The third-order valence-corrected chi connectivity index (χ3v) is 6.47. The predicted molar refractivity (Wildman–Crippen MR) is 125 cm³/mol. The second kappa shape index (κ2) is 10.4. The summed E-state index contributed by atoms with van der Waals surface area (Å²) in [5.74, 6) is -0.0948. The normalized spacial score (nSPS) is 15.9. The Kier molecular flexibility index (Phi) is 7.87. The van der Waals surface area contributed by atoms with Crippen LogP contribution in [0.2, 0.25) is 5.02 Å². The fourth-order valence-electron chi connectivity index (χ4n) is 3.61. The van der Waals surface area contributed by atoms with Crippen molar-refractivity contribution in [2.45, 2.75) is 31.2 Å². The summed E-state index contributed by atoms with van der Waals surface area (Å²) in [5, 5.41) is 3.60. The van der Waals surface area contributed by atoms with E-state index in [1.807, 2.05) is 18.4 Å². The van der Waals surface area contributed by atoms with Crippen LogP contribution in [0.3, 0.4) is 0 Å². The van der Waals surface area contributed by atoms with Crippen LogP contribution in [0.1, 0.15) is 29.3 Å². The fourth-order valence-corrected chi connectivity index (χ4v) is 4.25. The van der Waals surface area contributed by atoms with Gasteiger partial charge in [-0.1, -0.05) is 23.7 Å². The zero-order valence-electron chi connectivity index (χ0n) is 17.5. The van der Waals surface area contributed by atoms with Crippen molar-refractivity contribution >= 4 is 35.0 Å². The molecule has 1 N–H and O–H groups in total. The number of anilines is 1. The molecule has 1 unspecified atom stereocenters. The van der Waals surface area contributed by atoms with E-state index >= 15 is 0 Å². The highest BCUT2D eigenvalue weighted by Crippen LogP contribution is 2.23. The summed E-state index contributed by atoms with van der Waals surface area (Å²) >= 11 is 7.83. The number of hydrogen-bond acceptors (Lipinski definition) is 4. The van der Waals surface area contributed by atoms with Gasteiger partial charge in [-0.2, -0.15) is 0 Å². The summed E-state index contributed by atoms with van der Waals surface area (Å²) in [5.41, 5.74) is 3.17. The maximum atomic E-state index is 12.6. The lowest BCUT2D eigenvalue weighted by atomic mass is 10.1. The summed E-state index contributed by atoms with van der Waals surface area (Å²) in [7, 11) is 0. The standard InChI is InChI=1S/C23H30ClN3OS/c1-17-5-4-6-19(15-17)27-13-11-26(12-14-27)10-9-18(2)25-23(28)21-16-20(29-3)7-8-22(21)24/h4-8,15-16,18H,9-14H2,1-3H3,(H,25,28). The SMILES string of the molecule is CSc1ccc(Cl)c(C(=O)NC(C)CCN2CCN(c3cccc(C)c3)CC2)c1. The quantitative estimate of drug-likeness (QED) is 0.644. The van der Waals surface area contributed by atoms with Gasteiger partial charge in [0, 0.05) is 49.3 Å². The average molecular weight is 432 g/mol. The van der Waals surface area contributed by atoms with E-state index < -0.39 is 0 Å². The van der Waals surface area contributed by atoms with Crippen molar-refractivity contribution in [2.24, 2.45) is 0 Å². The Bertz CT molecular complexity index is 837. The van der Waals surface area contributed by atoms with E-state index in [9.17, 15) is 4.79 Å². The first-order chi connectivity index (χ1) is 14.0. The number of hydrogen-bond donors (Lipinski definition) is 1. The molecule has 1 aliphatic heterocycles. The van der Waals surface area contributed by atoms with Crippen molar-refractivity contribution in [1.82, 2.24) is 10.2 Å². The van der Waals surface area contributed by atoms with Crippen molar-refractivity contribution in [3.05, 3.63) is 58.6 Å². The molecule has 156 valence electrons. The molecule has 0 aromatic heterocycles. The molecular weight excluding hydrogens is 402 g/mol. The Balaban J connectivity index is 1.44. The summed E-state index contributed by atoms with van der Waals surface area (Å²) in [4.78, 5) is 18.6. The van der Waals surface area contributed by atoms with Crippen LogP contribution in [0.4, 0.5) is 5.69 Å². The highest BCUT2D eigenvalue weighted by atomic mass is 35.5. The molecule has 0 radical (unpaired) electrons. The predicted octanol–water partition coefficient (Wildman–Crippen LogP) is 4.70. The Morgan fingerprint density at radius 1 is 1.17 bits per heavy atom. The molecule has 4 nitrogen and oxygen atoms in total. The van der Waals surface area contributed by atoms with Crippen molar-refractivity contribution in [3.63, 3.8) is 0 Å². The molecule has 1 saturated heterocycles. The molecule has 1 amide bonds. The van der Waals surface area contributed by atoms with Crippen molar-refractivity contribution in [1.29, 1.82) is 0 Å². The second-order valence-corrected chi connectivity index (χ2v) is 8.96. The van der Waals surface area contributed by atoms with Gasteiger partial charge >= 0.3 is 0 Å².